The van der Waals surface area contributed by atoms with E-state index >= 15 is 0 Å². The van der Waals surface area contributed by atoms with Crippen LogP contribution in [0.15, 0.2) is 18.3 Å². The van der Waals surface area contributed by atoms with Crippen LogP contribution in [0.2, 0.25) is 0 Å². The van der Waals surface area contributed by atoms with Crippen molar-refractivity contribution < 1.29 is 4.39 Å². The SMILES string of the molecule is Cn1c(CN2CCCCC2)nnc1C1CCCN(c2ncccc2F)C1. The summed E-state index contributed by atoms with van der Waals surface area (Å²) in [5.41, 5.74) is 0. The van der Waals surface area contributed by atoms with Gasteiger partial charge in [0.15, 0.2) is 11.6 Å². The monoisotopic (exact) mass is 358 g/mol. The predicted molar refractivity (Wildman–Crippen MR) is 98.5 cm³/mol. The lowest BCUT2D eigenvalue weighted by molar-refractivity contribution is 0.213. The van der Waals surface area contributed by atoms with E-state index in [2.05, 4.69) is 31.7 Å². The quantitative estimate of drug-likeness (QED) is 0.841. The highest BCUT2D eigenvalue weighted by molar-refractivity contribution is 5.40. The number of rotatable bonds is 4. The smallest absolute Gasteiger partial charge is 0.165 e. The fourth-order valence-electron chi connectivity index (χ4n) is 4.18. The lowest BCUT2D eigenvalue weighted by atomic mass is 9.97. The lowest BCUT2D eigenvalue weighted by Crippen LogP contribution is -2.36. The minimum Gasteiger partial charge on any atom is -0.353 e. The van der Waals surface area contributed by atoms with Crippen molar-refractivity contribution in [1.29, 1.82) is 0 Å². The maximum Gasteiger partial charge on any atom is 0.165 e. The zero-order chi connectivity index (χ0) is 17.9. The summed E-state index contributed by atoms with van der Waals surface area (Å²) in [7, 11) is 2.06. The van der Waals surface area contributed by atoms with E-state index in [1.807, 2.05) is 4.90 Å². The van der Waals surface area contributed by atoms with E-state index in [9.17, 15) is 4.39 Å². The van der Waals surface area contributed by atoms with Crippen LogP contribution < -0.4 is 4.90 Å². The van der Waals surface area contributed by atoms with Crippen molar-refractivity contribution in [2.24, 2.45) is 7.05 Å². The van der Waals surface area contributed by atoms with E-state index in [-0.39, 0.29) is 11.7 Å². The molecule has 140 valence electrons. The molecule has 2 aromatic rings. The number of hydrogen-bond acceptors (Lipinski definition) is 5. The molecule has 2 saturated heterocycles. The molecule has 2 aromatic heterocycles. The second kappa shape index (κ2) is 7.70. The Morgan fingerprint density at radius 3 is 2.77 bits per heavy atom. The first kappa shape index (κ1) is 17.4. The first-order valence-corrected chi connectivity index (χ1v) is 9.68. The predicted octanol–water partition coefficient (Wildman–Crippen LogP) is 2.72. The molecule has 2 aliphatic heterocycles. The molecule has 1 atom stereocenters. The van der Waals surface area contributed by atoms with Crippen molar-refractivity contribution in [2.45, 2.75) is 44.6 Å². The van der Waals surface area contributed by atoms with E-state index in [0.29, 0.717) is 5.82 Å². The summed E-state index contributed by atoms with van der Waals surface area (Å²) < 4.78 is 16.3. The number of likely N-dealkylation sites (tertiary alicyclic amines) is 1. The van der Waals surface area contributed by atoms with Gasteiger partial charge in [0.2, 0.25) is 0 Å². The standard InChI is InChI=1S/C19H27FN6/c1-24-17(14-25-10-3-2-4-11-25)22-23-18(24)15-7-6-12-26(13-15)19-16(20)8-5-9-21-19/h5,8-9,15H,2-4,6-7,10-14H2,1H3. The van der Waals surface area contributed by atoms with Gasteiger partial charge in [-0.05, 0) is 50.9 Å². The van der Waals surface area contributed by atoms with Crippen LogP contribution in [0.4, 0.5) is 10.2 Å². The molecule has 0 saturated carbocycles. The molecule has 2 fully saturated rings. The van der Waals surface area contributed by atoms with Crippen LogP contribution in [0.1, 0.15) is 49.7 Å². The van der Waals surface area contributed by atoms with Gasteiger partial charge in [-0.15, -0.1) is 10.2 Å². The first-order valence-electron chi connectivity index (χ1n) is 9.68. The molecule has 2 aliphatic rings. The Hall–Kier alpha value is -2.02. The molecule has 0 aliphatic carbocycles. The summed E-state index contributed by atoms with van der Waals surface area (Å²) in [6, 6.07) is 3.11. The minimum atomic E-state index is -0.253. The molecule has 26 heavy (non-hydrogen) atoms. The Kier molecular flexibility index (Phi) is 5.15. The Bertz CT molecular complexity index is 739. The number of aromatic nitrogens is 4. The van der Waals surface area contributed by atoms with Gasteiger partial charge in [0.05, 0.1) is 6.54 Å². The molecule has 0 bridgehead atoms. The minimum absolute atomic E-state index is 0.253. The van der Waals surface area contributed by atoms with Gasteiger partial charge in [0, 0.05) is 32.3 Å². The normalized spacial score (nSPS) is 21.9. The Morgan fingerprint density at radius 1 is 1.12 bits per heavy atom. The summed E-state index contributed by atoms with van der Waals surface area (Å²) >= 11 is 0. The fourth-order valence-corrected chi connectivity index (χ4v) is 4.18. The summed E-state index contributed by atoms with van der Waals surface area (Å²) in [5, 5.41) is 8.96. The average molecular weight is 358 g/mol. The van der Waals surface area contributed by atoms with E-state index in [0.717, 1.165) is 57.2 Å². The van der Waals surface area contributed by atoms with Crippen LogP contribution in [0.5, 0.6) is 0 Å². The van der Waals surface area contributed by atoms with Crippen molar-refractivity contribution >= 4 is 5.82 Å². The lowest BCUT2D eigenvalue weighted by Gasteiger charge is -2.33. The first-order chi connectivity index (χ1) is 12.7. The highest BCUT2D eigenvalue weighted by Gasteiger charge is 2.28. The zero-order valence-electron chi connectivity index (χ0n) is 15.4. The van der Waals surface area contributed by atoms with E-state index < -0.39 is 0 Å². The van der Waals surface area contributed by atoms with Crippen LogP contribution in [-0.4, -0.2) is 50.8 Å². The molecule has 7 heteroatoms. The van der Waals surface area contributed by atoms with Gasteiger partial charge in [-0.2, -0.15) is 0 Å². The van der Waals surface area contributed by atoms with Crippen LogP contribution in [0, 0.1) is 5.82 Å². The molecule has 0 N–H and O–H groups in total. The van der Waals surface area contributed by atoms with Gasteiger partial charge in [-0.25, -0.2) is 9.37 Å². The van der Waals surface area contributed by atoms with Gasteiger partial charge in [-0.3, -0.25) is 4.90 Å². The van der Waals surface area contributed by atoms with Gasteiger partial charge < -0.3 is 9.47 Å². The maximum atomic E-state index is 14.1. The van der Waals surface area contributed by atoms with Gasteiger partial charge in [0.1, 0.15) is 11.6 Å². The molecule has 1 unspecified atom stereocenters. The van der Waals surface area contributed by atoms with Gasteiger partial charge in [-0.1, -0.05) is 6.42 Å². The highest BCUT2D eigenvalue weighted by Crippen LogP contribution is 2.29. The highest BCUT2D eigenvalue weighted by atomic mass is 19.1. The van der Waals surface area contributed by atoms with Crippen LogP contribution in [-0.2, 0) is 13.6 Å². The van der Waals surface area contributed by atoms with Crippen molar-refractivity contribution in [3.63, 3.8) is 0 Å². The number of anilines is 1. The van der Waals surface area contributed by atoms with Crippen molar-refractivity contribution in [2.75, 3.05) is 31.1 Å². The molecule has 6 nitrogen and oxygen atoms in total. The van der Waals surface area contributed by atoms with Gasteiger partial charge in [0.25, 0.3) is 0 Å². The van der Waals surface area contributed by atoms with E-state index in [1.54, 1.807) is 12.3 Å². The van der Waals surface area contributed by atoms with Crippen molar-refractivity contribution in [3.05, 3.63) is 35.8 Å². The second-order valence-corrected chi connectivity index (χ2v) is 7.46. The summed E-state index contributed by atoms with van der Waals surface area (Å²) in [4.78, 5) is 8.75. The fraction of sp³-hybridized carbons (Fsp3) is 0.632. The Labute approximate surface area is 154 Å². The maximum absolute atomic E-state index is 14.1. The topological polar surface area (TPSA) is 50.1 Å². The molecule has 0 aromatic carbocycles. The number of nitrogens with zero attached hydrogens (tertiary/aromatic N) is 6. The Morgan fingerprint density at radius 2 is 1.96 bits per heavy atom. The van der Waals surface area contributed by atoms with Crippen LogP contribution >= 0.6 is 0 Å². The van der Waals surface area contributed by atoms with E-state index in [1.165, 1.54) is 25.3 Å². The summed E-state index contributed by atoms with van der Waals surface area (Å²) in [6.45, 7) is 4.75. The second-order valence-electron chi connectivity index (χ2n) is 7.46. The van der Waals surface area contributed by atoms with Crippen LogP contribution in [0.3, 0.4) is 0 Å². The Balaban J connectivity index is 1.48. The molecule has 0 radical (unpaired) electrons. The van der Waals surface area contributed by atoms with Crippen LogP contribution in [0.25, 0.3) is 0 Å². The summed E-state index contributed by atoms with van der Waals surface area (Å²) in [6.07, 6.45) is 7.61. The number of pyridine rings is 1. The molecular formula is C19H27FN6. The van der Waals surface area contributed by atoms with Crippen molar-refractivity contribution in [1.82, 2.24) is 24.6 Å². The number of hydrogen-bond donors (Lipinski definition) is 0. The molecular weight excluding hydrogens is 331 g/mol. The molecule has 0 spiro atoms. The number of piperidine rings is 2. The number of halogens is 1. The third kappa shape index (κ3) is 3.58. The average Bonchev–Trinajstić information content (AvgIpc) is 3.03. The molecule has 0 amide bonds. The molecule has 4 heterocycles. The molecule has 4 rings (SSSR count). The summed E-state index contributed by atoms with van der Waals surface area (Å²) in [5.74, 6) is 2.50. The van der Waals surface area contributed by atoms with E-state index in [4.69, 9.17) is 0 Å². The van der Waals surface area contributed by atoms with Crippen molar-refractivity contribution in [3.8, 4) is 0 Å². The third-order valence-corrected chi connectivity index (χ3v) is 5.64. The van der Waals surface area contributed by atoms with Gasteiger partial charge >= 0.3 is 0 Å². The zero-order valence-corrected chi connectivity index (χ0v) is 15.4. The third-order valence-electron chi connectivity index (χ3n) is 5.64. The largest absolute Gasteiger partial charge is 0.353 e.